The third kappa shape index (κ3) is 3.88. The molecule has 25 heavy (non-hydrogen) atoms. The Labute approximate surface area is 147 Å². The average molecular weight is 340 g/mol. The summed E-state index contributed by atoms with van der Waals surface area (Å²) >= 11 is 0. The highest BCUT2D eigenvalue weighted by Crippen LogP contribution is 2.25. The van der Waals surface area contributed by atoms with Crippen molar-refractivity contribution in [3.63, 3.8) is 0 Å². The number of para-hydroxylation sites is 1. The van der Waals surface area contributed by atoms with Crippen LogP contribution in [-0.2, 0) is 11.3 Å². The third-order valence-corrected chi connectivity index (χ3v) is 5.09. The SMILES string of the molecule is O=C1C[C@H](CN2CCN(Cc3ncn[nH]3)CC2)CN1c1ccccc1. The molecule has 7 heteroatoms. The first-order valence-electron chi connectivity index (χ1n) is 8.92. The van der Waals surface area contributed by atoms with Crippen LogP contribution >= 0.6 is 0 Å². The molecular weight excluding hydrogens is 316 g/mol. The van der Waals surface area contributed by atoms with E-state index in [0.717, 1.165) is 57.3 Å². The lowest BCUT2D eigenvalue weighted by Crippen LogP contribution is -2.47. The number of hydrogen-bond donors (Lipinski definition) is 1. The number of hydrogen-bond acceptors (Lipinski definition) is 5. The molecule has 2 aliphatic rings. The molecule has 1 N–H and O–H groups in total. The van der Waals surface area contributed by atoms with Gasteiger partial charge in [0.25, 0.3) is 0 Å². The summed E-state index contributed by atoms with van der Waals surface area (Å²) in [6, 6.07) is 10.00. The maximum Gasteiger partial charge on any atom is 0.227 e. The molecule has 2 fully saturated rings. The van der Waals surface area contributed by atoms with Crippen molar-refractivity contribution in [2.24, 2.45) is 5.92 Å². The number of rotatable bonds is 5. The quantitative estimate of drug-likeness (QED) is 0.879. The predicted octanol–water partition coefficient (Wildman–Crippen LogP) is 0.975. The van der Waals surface area contributed by atoms with Crippen LogP contribution in [0, 0.1) is 5.92 Å². The fraction of sp³-hybridized carbons (Fsp3) is 0.500. The Morgan fingerprint density at radius 1 is 1.08 bits per heavy atom. The molecule has 0 aliphatic carbocycles. The first-order chi connectivity index (χ1) is 12.3. The fourth-order valence-corrected chi connectivity index (χ4v) is 3.78. The number of benzene rings is 1. The van der Waals surface area contributed by atoms with Crippen LogP contribution in [0.3, 0.4) is 0 Å². The topological polar surface area (TPSA) is 68.4 Å². The molecule has 2 saturated heterocycles. The molecule has 0 unspecified atom stereocenters. The maximum atomic E-state index is 12.3. The van der Waals surface area contributed by atoms with Crippen molar-refractivity contribution in [3.8, 4) is 0 Å². The van der Waals surface area contributed by atoms with E-state index in [9.17, 15) is 4.79 Å². The molecule has 2 aliphatic heterocycles. The Hall–Kier alpha value is -2.25. The Bertz CT molecular complexity index is 681. The van der Waals surface area contributed by atoms with Gasteiger partial charge in [0.1, 0.15) is 12.2 Å². The van der Waals surface area contributed by atoms with Crippen LogP contribution < -0.4 is 4.90 Å². The van der Waals surface area contributed by atoms with Gasteiger partial charge in [0.15, 0.2) is 0 Å². The highest BCUT2D eigenvalue weighted by atomic mass is 16.2. The van der Waals surface area contributed by atoms with Crippen LogP contribution in [-0.4, -0.2) is 70.2 Å². The molecule has 0 spiro atoms. The fourth-order valence-electron chi connectivity index (χ4n) is 3.78. The summed E-state index contributed by atoms with van der Waals surface area (Å²) < 4.78 is 0. The minimum absolute atomic E-state index is 0.250. The molecule has 7 nitrogen and oxygen atoms in total. The Morgan fingerprint density at radius 2 is 1.84 bits per heavy atom. The molecule has 1 amide bonds. The highest BCUT2D eigenvalue weighted by Gasteiger charge is 2.32. The molecule has 1 atom stereocenters. The van der Waals surface area contributed by atoms with Gasteiger partial charge in [0.05, 0.1) is 6.54 Å². The van der Waals surface area contributed by atoms with Crippen LogP contribution in [0.5, 0.6) is 0 Å². The van der Waals surface area contributed by atoms with E-state index in [-0.39, 0.29) is 5.91 Å². The second-order valence-electron chi connectivity index (χ2n) is 6.92. The zero-order chi connectivity index (χ0) is 17.1. The number of H-pyrrole nitrogens is 1. The summed E-state index contributed by atoms with van der Waals surface area (Å²) in [5.74, 6) is 1.60. The Balaban J connectivity index is 1.26. The molecule has 1 aromatic heterocycles. The summed E-state index contributed by atoms with van der Waals surface area (Å²) in [5, 5.41) is 6.82. The van der Waals surface area contributed by atoms with Gasteiger partial charge in [-0.2, -0.15) is 5.10 Å². The summed E-state index contributed by atoms with van der Waals surface area (Å²) in [5.41, 5.74) is 1.02. The zero-order valence-electron chi connectivity index (χ0n) is 14.3. The largest absolute Gasteiger partial charge is 0.312 e. The smallest absolute Gasteiger partial charge is 0.227 e. The Morgan fingerprint density at radius 3 is 2.56 bits per heavy atom. The van der Waals surface area contributed by atoms with E-state index in [4.69, 9.17) is 0 Å². The third-order valence-electron chi connectivity index (χ3n) is 5.09. The molecule has 0 radical (unpaired) electrons. The van der Waals surface area contributed by atoms with Gasteiger partial charge in [-0.05, 0) is 18.1 Å². The standard InChI is InChI=1S/C18H24N6O/c25-18-10-15(12-24(18)16-4-2-1-3-5-16)11-22-6-8-23(9-7-22)13-17-19-14-20-21-17/h1-5,14-15H,6-13H2,(H,19,20,21)/t15-/m1/s1. The molecular formula is C18H24N6O. The normalized spacial score (nSPS) is 22.6. The van der Waals surface area contributed by atoms with Gasteiger partial charge >= 0.3 is 0 Å². The van der Waals surface area contributed by atoms with Crippen molar-refractivity contribution in [1.82, 2.24) is 25.0 Å². The molecule has 132 valence electrons. The van der Waals surface area contributed by atoms with Crippen LogP contribution in [0.4, 0.5) is 5.69 Å². The van der Waals surface area contributed by atoms with E-state index in [1.165, 1.54) is 0 Å². The minimum atomic E-state index is 0.250. The number of amides is 1. The zero-order valence-corrected chi connectivity index (χ0v) is 14.3. The molecule has 0 bridgehead atoms. The summed E-state index contributed by atoms with van der Waals surface area (Å²) in [7, 11) is 0. The van der Waals surface area contributed by atoms with E-state index >= 15 is 0 Å². The van der Waals surface area contributed by atoms with Crippen molar-refractivity contribution in [1.29, 1.82) is 0 Å². The van der Waals surface area contributed by atoms with Crippen LogP contribution in [0.25, 0.3) is 0 Å². The van der Waals surface area contributed by atoms with Gasteiger partial charge in [-0.1, -0.05) is 18.2 Å². The van der Waals surface area contributed by atoms with Gasteiger partial charge < -0.3 is 9.80 Å². The van der Waals surface area contributed by atoms with Crippen molar-refractivity contribution in [2.45, 2.75) is 13.0 Å². The van der Waals surface area contributed by atoms with Gasteiger partial charge in [0.2, 0.25) is 5.91 Å². The number of anilines is 1. The van der Waals surface area contributed by atoms with Gasteiger partial charge in [-0.3, -0.25) is 14.8 Å². The number of carbonyl (C=O) groups excluding carboxylic acids is 1. The second kappa shape index (κ2) is 7.33. The monoisotopic (exact) mass is 340 g/mol. The minimum Gasteiger partial charge on any atom is -0.312 e. The van der Waals surface area contributed by atoms with Gasteiger partial charge in [-0.15, -0.1) is 0 Å². The lowest BCUT2D eigenvalue weighted by Gasteiger charge is -2.35. The molecule has 3 heterocycles. The molecule has 4 rings (SSSR count). The van der Waals surface area contributed by atoms with Gasteiger partial charge in [0, 0.05) is 51.4 Å². The lowest BCUT2D eigenvalue weighted by atomic mass is 10.1. The summed E-state index contributed by atoms with van der Waals surface area (Å²) in [4.78, 5) is 23.4. The molecule has 2 aromatic rings. The molecule has 1 aromatic carbocycles. The number of carbonyl (C=O) groups is 1. The van der Waals surface area contributed by atoms with Gasteiger partial charge in [-0.25, -0.2) is 4.98 Å². The van der Waals surface area contributed by atoms with Crippen molar-refractivity contribution < 1.29 is 4.79 Å². The number of nitrogens with one attached hydrogen (secondary N) is 1. The lowest BCUT2D eigenvalue weighted by molar-refractivity contribution is -0.117. The summed E-state index contributed by atoms with van der Waals surface area (Å²) in [6.45, 7) is 6.83. The predicted molar refractivity (Wildman–Crippen MR) is 95.0 cm³/mol. The van der Waals surface area contributed by atoms with Crippen LogP contribution in [0.1, 0.15) is 12.2 Å². The number of piperazine rings is 1. The van der Waals surface area contributed by atoms with E-state index in [1.807, 2.05) is 35.2 Å². The van der Waals surface area contributed by atoms with Crippen molar-refractivity contribution >= 4 is 11.6 Å². The van der Waals surface area contributed by atoms with Crippen LogP contribution in [0.15, 0.2) is 36.7 Å². The highest BCUT2D eigenvalue weighted by molar-refractivity contribution is 5.95. The van der Waals surface area contributed by atoms with Crippen molar-refractivity contribution in [3.05, 3.63) is 42.5 Å². The van der Waals surface area contributed by atoms with E-state index in [2.05, 4.69) is 25.0 Å². The maximum absolute atomic E-state index is 12.3. The average Bonchev–Trinajstić information content (AvgIpc) is 3.27. The van der Waals surface area contributed by atoms with Crippen LogP contribution in [0.2, 0.25) is 0 Å². The second-order valence-corrected chi connectivity index (χ2v) is 6.92. The van der Waals surface area contributed by atoms with E-state index in [1.54, 1.807) is 6.33 Å². The Kier molecular flexibility index (Phi) is 4.76. The van der Waals surface area contributed by atoms with E-state index < -0.39 is 0 Å². The molecule has 0 saturated carbocycles. The first-order valence-corrected chi connectivity index (χ1v) is 8.92. The summed E-state index contributed by atoms with van der Waals surface area (Å²) in [6.07, 6.45) is 2.22. The van der Waals surface area contributed by atoms with Crippen molar-refractivity contribution in [2.75, 3.05) is 44.2 Å². The number of nitrogens with zero attached hydrogens (tertiary/aromatic N) is 5. The number of aromatic nitrogens is 3. The number of aromatic amines is 1. The van der Waals surface area contributed by atoms with E-state index in [0.29, 0.717) is 12.3 Å². The first kappa shape index (κ1) is 16.2.